The van der Waals surface area contributed by atoms with Crippen LogP contribution in [-0.2, 0) is 4.79 Å². The van der Waals surface area contributed by atoms with Gasteiger partial charge in [0.25, 0.3) is 0 Å². The van der Waals surface area contributed by atoms with E-state index in [1.165, 1.54) is 0 Å². The number of carboxylic acid groups (broad SMARTS) is 1. The highest BCUT2D eigenvalue weighted by Crippen LogP contribution is 2.18. The van der Waals surface area contributed by atoms with Gasteiger partial charge < -0.3 is 14.9 Å². The lowest BCUT2D eigenvalue weighted by Gasteiger charge is -2.34. The molecule has 0 aromatic heterocycles. The number of rotatable bonds is 5. The van der Waals surface area contributed by atoms with E-state index in [2.05, 4.69) is 6.58 Å². The van der Waals surface area contributed by atoms with E-state index in [1.807, 2.05) is 6.92 Å². The third kappa shape index (κ3) is 3.75. The predicted molar refractivity (Wildman–Crippen MR) is 69.4 cm³/mol. The van der Waals surface area contributed by atoms with Gasteiger partial charge in [0.2, 0.25) is 0 Å². The Balaban J connectivity index is 2.63. The van der Waals surface area contributed by atoms with E-state index in [9.17, 15) is 9.59 Å². The number of carbonyl (C=O) groups is 2. The Morgan fingerprint density at radius 2 is 2.28 bits per heavy atom. The Hall–Kier alpha value is -1.52. The molecule has 0 saturated carbocycles. The summed E-state index contributed by atoms with van der Waals surface area (Å²) in [7, 11) is 0. The number of urea groups is 1. The van der Waals surface area contributed by atoms with Crippen molar-refractivity contribution < 1.29 is 14.7 Å². The average molecular weight is 254 g/mol. The molecule has 5 heteroatoms. The van der Waals surface area contributed by atoms with Crippen LogP contribution >= 0.6 is 0 Å². The van der Waals surface area contributed by atoms with E-state index in [4.69, 9.17) is 5.11 Å². The number of nitrogens with zero attached hydrogens (tertiary/aromatic N) is 2. The molecule has 1 heterocycles. The zero-order valence-electron chi connectivity index (χ0n) is 11.0. The first-order valence-corrected chi connectivity index (χ1v) is 6.47. The summed E-state index contributed by atoms with van der Waals surface area (Å²) in [5.74, 6) is -1.23. The lowest BCUT2D eigenvalue weighted by molar-refractivity contribution is -0.143. The lowest BCUT2D eigenvalue weighted by atomic mass is 9.98. The van der Waals surface area contributed by atoms with E-state index < -0.39 is 11.9 Å². The van der Waals surface area contributed by atoms with E-state index in [0.717, 1.165) is 12.8 Å². The van der Waals surface area contributed by atoms with Gasteiger partial charge in [0.1, 0.15) is 0 Å². The highest BCUT2D eigenvalue weighted by atomic mass is 16.4. The topological polar surface area (TPSA) is 60.9 Å². The van der Waals surface area contributed by atoms with Crippen molar-refractivity contribution in [3.05, 3.63) is 12.7 Å². The molecular formula is C13H22N2O3. The van der Waals surface area contributed by atoms with Gasteiger partial charge in [-0.15, -0.1) is 6.58 Å². The standard InChI is InChI=1S/C13H22N2O3/c1-3-7-14(8-4-2)13(18)15-9-5-6-11(10-15)12(16)17/h3,11H,1,4-10H2,2H3,(H,16,17)/t11-/m0/s1. The van der Waals surface area contributed by atoms with Crippen LogP contribution < -0.4 is 0 Å². The van der Waals surface area contributed by atoms with Gasteiger partial charge in [-0.3, -0.25) is 4.79 Å². The second-order valence-corrected chi connectivity index (χ2v) is 4.64. The minimum atomic E-state index is -0.807. The van der Waals surface area contributed by atoms with Crippen LogP contribution in [0.4, 0.5) is 4.79 Å². The number of carbonyl (C=O) groups excluding carboxylic acids is 1. The molecule has 5 nitrogen and oxygen atoms in total. The molecule has 18 heavy (non-hydrogen) atoms. The van der Waals surface area contributed by atoms with E-state index in [0.29, 0.717) is 32.6 Å². The first kappa shape index (κ1) is 14.5. The molecule has 0 aromatic carbocycles. The maximum atomic E-state index is 12.3. The minimum Gasteiger partial charge on any atom is -0.481 e. The normalized spacial score (nSPS) is 19.4. The summed E-state index contributed by atoms with van der Waals surface area (Å²) in [6.45, 7) is 7.83. The van der Waals surface area contributed by atoms with Crippen LogP contribution in [0.15, 0.2) is 12.7 Å². The highest BCUT2D eigenvalue weighted by Gasteiger charge is 2.29. The summed E-state index contributed by atoms with van der Waals surface area (Å²) in [6, 6.07) is -0.0669. The number of hydrogen-bond donors (Lipinski definition) is 1. The van der Waals surface area contributed by atoms with Crippen molar-refractivity contribution in [2.24, 2.45) is 5.92 Å². The summed E-state index contributed by atoms with van der Waals surface area (Å²) in [6.07, 6.45) is 4.01. The van der Waals surface area contributed by atoms with Crippen molar-refractivity contribution in [1.82, 2.24) is 9.80 Å². The fraction of sp³-hybridized carbons (Fsp3) is 0.692. The maximum absolute atomic E-state index is 12.3. The van der Waals surface area contributed by atoms with Gasteiger partial charge >= 0.3 is 12.0 Å². The first-order valence-electron chi connectivity index (χ1n) is 6.47. The Kier molecular flexibility index (Phi) is 5.68. The van der Waals surface area contributed by atoms with Gasteiger partial charge in [-0.05, 0) is 19.3 Å². The summed E-state index contributed by atoms with van der Waals surface area (Å²) >= 11 is 0. The van der Waals surface area contributed by atoms with Gasteiger partial charge in [-0.1, -0.05) is 13.0 Å². The number of likely N-dealkylation sites (tertiary alicyclic amines) is 1. The van der Waals surface area contributed by atoms with Crippen molar-refractivity contribution in [2.75, 3.05) is 26.2 Å². The maximum Gasteiger partial charge on any atom is 0.320 e. The van der Waals surface area contributed by atoms with Crippen molar-refractivity contribution in [2.45, 2.75) is 26.2 Å². The molecule has 0 aliphatic carbocycles. The second kappa shape index (κ2) is 7.03. The Bertz CT molecular complexity index is 317. The molecule has 2 amide bonds. The fourth-order valence-corrected chi connectivity index (χ4v) is 2.24. The van der Waals surface area contributed by atoms with Crippen LogP contribution in [0.1, 0.15) is 26.2 Å². The Morgan fingerprint density at radius 3 is 2.83 bits per heavy atom. The molecule has 0 bridgehead atoms. The van der Waals surface area contributed by atoms with Crippen LogP contribution in [0.25, 0.3) is 0 Å². The molecule has 1 N–H and O–H groups in total. The molecule has 102 valence electrons. The van der Waals surface area contributed by atoms with E-state index >= 15 is 0 Å². The number of carboxylic acids is 1. The van der Waals surface area contributed by atoms with E-state index in [-0.39, 0.29) is 6.03 Å². The fourth-order valence-electron chi connectivity index (χ4n) is 2.24. The summed E-state index contributed by atoms with van der Waals surface area (Å²) in [5, 5.41) is 9.02. The lowest BCUT2D eigenvalue weighted by Crippen LogP contribution is -2.49. The first-order chi connectivity index (χ1) is 8.60. The molecule has 0 unspecified atom stereocenters. The van der Waals surface area contributed by atoms with Gasteiger partial charge in [0, 0.05) is 26.2 Å². The highest BCUT2D eigenvalue weighted by molar-refractivity contribution is 5.76. The molecule has 1 fully saturated rings. The van der Waals surface area contributed by atoms with Crippen LogP contribution in [0.2, 0.25) is 0 Å². The van der Waals surface area contributed by atoms with Gasteiger partial charge in [0.15, 0.2) is 0 Å². The van der Waals surface area contributed by atoms with Crippen molar-refractivity contribution in [1.29, 1.82) is 0 Å². The van der Waals surface area contributed by atoms with Crippen LogP contribution in [0, 0.1) is 5.92 Å². The number of amides is 2. The Labute approximate surface area is 108 Å². The van der Waals surface area contributed by atoms with Gasteiger partial charge in [-0.2, -0.15) is 0 Å². The molecule has 1 aliphatic heterocycles. The monoisotopic (exact) mass is 254 g/mol. The molecule has 0 spiro atoms. The third-order valence-corrected chi connectivity index (χ3v) is 3.15. The van der Waals surface area contributed by atoms with Crippen molar-refractivity contribution >= 4 is 12.0 Å². The van der Waals surface area contributed by atoms with Crippen LogP contribution in [0.3, 0.4) is 0 Å². The van der Waals surface area contributed by atoms with Crippen molar-refractivity contribution in [3.8, 4) is 0 Å². The third-order valence-electron chi connectivity index (χ3n) is 3.15. The second-order valence-electron chi connectivity index (χ2n) is 4.64. The largest absolute Gasteiger partial charge is 0.481 e. The van der Waals surface area contributed by atoms with Crippen LogP contribution in [-0.4, -0.2) is 53.1 Å². The zero-order chi connectivity index (χ0) is 13.5. The quantitative estimate of drug-likeness (QED) is 0.761. The summed E-state index contributed by atoms with van der Waals surface area (Å²) in [5.41, 5.74) is 0. The molecular weight excluding hydrogens is 232 g/mol. The summed E-state index contributed by atoms with van der Waals surface area (Å²) < 4.78 is 0. The zero-order valence-corrected chi connectivity index (χ0v) is 11.0. The number of aliphatic carboxylic acids is 1. The smallest absolute Gasteiger partial charge is 0.320 e. The van der Waals surface area contributed by atoms with Crippen molar-refractivity contribution in [3.63, 3.8) is 0 Å². The predicted octanol–water partition coefficient (Wildman–Crippen LogP) is 1.80. The molecule has 0 aromatic rings. The van der Waals surface area contributed by atoms with E-state index in [1.54, 1.807) is 15.9 Å². The Morgan fingerprint density at radius 1 is 1.56 bits per heavy atom. The molecule has 1 saturated heterocycles. The van der Waals surface area contributed by atoms with Crippen LogP contribution in [0.5, 0.6) is 0 Å². The van der Waals surface area contributed by atoms with Gasteiger partial charge in [0.05, 0.1) is 5.92 Å². The molecule has 1 aliphatic rings. The number of hydrogen-bond acceptors (Lipinski definition) is 2. The van der Waals surface area contributed by atoms with Gasteiger partial charge in [-0.25, -0.2) is 4.79 Å². The minimum absolute atomic E-state index is 0.0669. The molecule has 1 atom stereocenters. The molecule has 1 rings (SSSR count). The number of piperidine rings is 1. The molecule has 0 radical (unpaired) electrons. The SMILES string of the molecule is C=CCN(CCC)C(=O)N1CCC[C@H](C(=O)O)C1. The average Bonchev–Trinajstić information content (AvgIpc) is 2.38. The summed E-state index contributed by atoms with van der Waals surface area (Å²) in [4.78, 5) is 26.6.